The molecule has 0 aromatic rings. The van der Waals surface area contributed by atoms with Crippen molar-refractivity contribution in [3.63, 3.8) is 0 Å². The Labute approximate surface area is 151 Å². The Morgan fingerprint density at radius 3 is 2.69 bits per heavy atom. The molecule has 0 bridgehead atoms. The fourth-order valence-electron chi connectivity index (χ4n) is 2.74. The summed E-state index contributed by atoms with van der Waals surface area (Å²) in [5, 5.41) is 10.5. The van der Waals surface area contributed by atoms with Crippen LogP contribution in [0.5, 0.6) is 0 Å². The molecule has 26 heavy (non-hydrogen) atoms. The lowest BCUT2D eigenvalue weighted by molar-refractivity contribution is -0.144. The number of ether oxygens (including phenoxy) is 3. The van der Waals surface area contributed by atoms with Gasteiger partial charge in [0.1, 0.15) is 12.4 Å². The van der Waals surface area contributed by atoms with Gasteiger partial charge in [-0.1, -0.05) is 0 Å². The Hall–Kier alpha value is -2.63. The number of rotatable bonds is 3. The maximum absolute atomic E-state index is 12.3. The number of hydrogen-bond donors (Lipinski definition) is 1. The first-order valence-electron chi connectivity index (χ1n) is 8.24. The Kier molecular flexibility index (Phi) is 5.85. The molecule has 0 radical (unpaired) electrons. The molecule has 0 amide bonds. The van der Waals surface area contributed by atoms with Crippen molar-refractivity contribution in [1.29, 1.82) is 0 Å². The predicted octanol–water partition coefficient (Wildman–Crippen LogP) is 1.86. The summed E-state index contributed by atoms with van der Waals surface area (Å²) in [5.41, 5.74) is 2.66. The number of esters is 3. The van der Waals surface area contributed by atoms with Crippen molar-refractivity contribution in [3.05, 3.63) is 40.4 Å². The van der Waals surface area contributed by atoms with E-state index in [1.54, 1.807) is 19.9 Å². The summed E-state index contributed by atoms with van der Waals surface area (Å²) in [6.45, 7) is 5.44. The maximum Gasteiger partial charge on any atom is 0.343 e. The van der Waals surface area contributed by atoms with Crippen molar-refractivity contribution >= 4 is 17.9 Å². The number of carbonyl (C=O) groups excluding carboxylic acids is 3. The molecular weight excluding hydrogens is 340 g/mol. The van der Waals surface area contributed by atoms with Crippen LogP contribution in [0.4, 0.5) is 0 Å². The van der Waals surface area contributed by atoms with Crippen molar-refractivity contribution in [2.45, 2.75) is 52.2 Å². The Morgan fingerprint density at radius 1 is 1.38 bits per heavy atom. The summed E-state index contributed by atoms with van der Waals surface area (Å²) < 4.78 is 15.6. The Bertz CT molecular complexity index is 761. The molecule has 1 heterocycles. The van der Waals surface area contributed by atoms with Gasteiger partial charge in [0.15, 0.2) is 6.10 Å². The van der Waals surface area contributed by atoms with Gasteiger partial charge in [-0.25, -0.2) is 4.79 Å². The van der Waals surface area contributed by atoms with Gasteiger partial charge in [-0.2, -0.15) is 0 Å². The van der Waals surface area contributed by atoms with E-state index < -0.39 is 29.6 Å². The van der Waals surface area contributed by atoms with Crippen LogP contribution < -0.4 is 0 Å². The molecule has 1 N–H and O–H groups in total. The van der Waals surface area contributed by atoms with E-state index in [-0.39, 0.29) is 23.5 Å². The third-order valence-electron chi connectivity index (χ3n) is 3.97. The fraction of sp³-hybridized carbons (Fsp3) is 0.474. The molecule has 2 rings (SSSR count). The van der Waals surface area contributed by atoms with E-state index in [4.69, 9.17) is 14.2 Å². The highest BCUT2D eigenvalue weighted by molar-refractivity contribution is 5.96. The summed E-state index contributed by atoms with van der Waals surface area (Å²) in [6.07, 6.45) is 3.14. The van der Waals surface area contributed by atoms with Crippen molar-refractivity contribution in [2.75, 3.05) is 6.61 Å². The number of aliphatic hydroxyl groups is 1. The second-order valence-electron chi connectivity index (χ2n) is 6.49. The van der Waals surface area contributed by atoms with Crippen LogP contribution >= 0.6 is 0 Å². The largest absolute Gasteiger partial charge is 0.461 e. The van der Waals surface area contributed by atoms with Crippen molar-refractivity contribution in [2.24, 2.45) is 0 Å². The minimum atomic E-state index is -1.25. The average molecular weight is 362 g/mol. The van der Waals surface area contributed by atoms with Gasteiger partial charge in [-0.15, -0.1) is 5.73 Å². The van der Waals surface area contributed by atoms with Crippen molar-refractivity contribution in [1.82, 2.24) is 0 Å². The minimum Gasteiger partial charge on any atom is -0.461 e. The highest BCUT2D eigenvalue weighted by Crippen LogP contribution is 2.36. The van der Waals surface area contributed by atoms with E-state index in [9.17, 15) is 19.5 Å². The fourth-order valence-corrected chi connectivity index (χ4v) is 2.74. The predicted molar refractivity (Wildman–Crippen MR) is 90.5 cm³/mol. The molecule has 1 aliphatic heterocycles. The molecule has 1 aliphatic carbocycles. The summed E-state index contributed by atoms with van der Waals surface area (Å²) >= 11 is 0. The zero-order chi connectivity index (χ0) is 19.5. The number of fused-ring (bicyclic) bond motifs is 1. The minimum absolute atomic E-state index is 0.0650. The van der Waals surface area contributed by atoms with E-state index in [1.807, 2.05) is 0 Å². The highest BCUT2D eigenvalue weighted by Gasteiger charge is 2.39. The van der Waals surface area contributed by atoms with Crippen LogP contribution in [0.25, 0.3) is 0 Å². The molecule has 2 unspecified atom stereocenters. The van der Waals surface area contributed by atoms with Crippen LogP contribution in [0.2, 0.25) is 0 Å². The lowest BCUT2D eigenvalue weighted by atomic mass is 9.91. The lowest BCUT2D eigenvalue weighted by Gasteiger charge is -2.23. The van der Waals surface area contributed by atoms with Gasteiger partial charge < -0.3 is 19.3 Å². The molecule has 0 saturated carbocycles. The van der Waals surface area contributed by atoms with E-state index in [2.05, 4.69) is 5.73 Å². The monoisotopic (exact) mass is 362 g/mol. The van der Waals surface area contributed by atoms with Gasteiger partial charge in [-0.05, 0) is 38.8 Å². The average Bonchev–Trinajstić information content (AvgIpc) is 2.80. The quantitative estimate of drug-likeness (QED) is 0.465. The molecule has 0 spiro atoms. The van der Waals surface area contributed by atoms with Crippen LogP contribution in [-0.2, 0) is 28.6 Å². The number of carbonyl (C=O) groups is 3. The molecule has 7 nitrogen and oxygen atoms in total. The van der Waals surface area contributed by atoms with Crippen LogP contribution in [0.1, 0.15) is 40.5 Å². The Morgan fingerprint density at radius 2 is 2.08 bits per heavy atom. The van der Waals surface area contributed by atoms with Crippen LogP contribution in [-0.4, -0.2) is 41.3 Å². The molecule has 0 fully saturated rings. The standard InChI is InChI=1S/C19H22O7/c1-11-7-5-6-8-19(4,23)9-15-16(17(11)25-13(3)21)14(18(22)26-15)10-24-12(2)20/h5,9,17,23H,6,8,10H2,1-4H3. The van der Waals surface area contributed by atoms with Crippen LogP contribution in [0, 0.1) is 0 Å². The van der Waals surface area contributed by atoms with E-state index >= 15 is 0 Å². The van der Waals surface area contributed by atoms with Gasteiger partial charge in [0.2, 0.25) is 0 Å². The topological polar surface area (TPSA) is 99.1 Å². The maximum atomic E-state index is 12.3. The third kappa shape index (κ3) is 4.71. The van der Waals surface area contributed by atoms with Crippen molar-refractivity contribution in [3.8, 4) is 0 Å². The highest BCUT2D eigenvalue weighted by atomic mass is 16.6. The van der Waals surface area contributed by atoms with Crippen LogP contribution in [0.15, 0.2) is 40.4 Å². The molecule has 140 valence electrons. The lowest BCUT2D eigenvalue weighted by Crippen LogP contribution is -2.26. The van der Waals surface area contributed by atoms with Crippen LogP contribution in [0.3, 0.4) is 0 Å². The number of hydrogen-bond acceptors (Lipinski definition) is 7. The Balaban J connectivity index is 2.67. The van der Waals surface area contributed by atoms with E-state index in [1.165, 1.54) is 19.9 Å². The summed E-state index contributed by atoms with van der Waals surface area (Å²) in [7, 11) is 0. The first-order valence-corrected chi connectivity index (χ1v) is 8.24. The zero-order valence-corrected chi connectivity index (χ0v) is 15.3. The van der Waals surface area contributed by atoms with Gasteiger partial charge in [-0.3, -0.25) is 9.59 Å². The summed E-state index contributed by atoms with van der Waals surface area (Å²) in [4.78, 5) is 35.1. The SMILES string of the molecule is CC(=O)OCC1=C2C(=CC(C)(O)CCC=C=C(C)C2OC(C)=O)OC1=O. The summed E-state index contributed by atoms with van der Waals surface area (Å²) in [5.74, 6) is -1.74. The second-order valence-corrected chi connectivity index (χ2v) is 6.49. The van der Waals surface area contributed by atoms with Crippen molar-refractivity contribution < 1.29 is 33.7 Å². The van der Waals surface area contributed by atoms with Gasteiger partial charge in [0, 0.05) is 19.4 Å². The normalized spacial score (nSPS) is 25.7. The van der Waals surface area contributed by atoms with E-state index in [0.717, 1.165) is 0 Å². The van der Waals surface area contributed by atoms with Gasteiger partial charge >= 0.3 is 17.9 Å². The summed E-state index contributed by atoms with van der Waals surface area (Å²) in [6, 6.07) is 0. The first kappa shape index (κ1) is 19.7. The third-order valence-corrected chi connectivity index (χ3v) is 3.97. The molecule has 2 aliphatic rings. The molecule has 0 saturated heterocycles. The molecule has 7 heteroatoms. The first-order chi connectivity index (χ1) is 12.1. The van der Waals surface area contributed by atoms with E-state index in [0.29, 0.717) is 18.4 Å². The zero-order valence-electron chi connectivity index (χ0n) is 15.3. The second kappa shape index (κ2) is 7.72. The van der Waals surface area contributed by atoms with Gasteiger partial charge in [0.05, 0.1) is 16.7 Å². The van der Waals surface area contributed by atoms with Gasteiger partial charge in [0.25, 0.3) is 0 Å². The molecule has 0 aromatic carbocycles. The molecule has 0 aromatic heterocycles. The smallest absolute Gasteiger partial charge is 0.343 e. The molecule has 2 atom stereocenters. The molecular formula is C19H22O7.